The maximum Gasteiger partial charge on any atom is 0.186 e. The number of H-pyrrole nitrogens is 1. The van der Waals surface area contributed by atoms with E-state index >= 15 is 0 Å². The summed E-state index contributed by atoms with van der Waals surface area (Å²) >= 11 is 5.93. The molecule has 10 heteroatoms. The molecule has 3 N–H and O–H groups in total. The average Bonchev–Trinajstić information content (AvgIpc) is 3.05. The summed E-state index contributed by atoms with van der Waals surface area (Å²) in [6.45, 7) is 4.63. The predicted octanol–water partition coefficient (Wildman–Crippen LogP) is 2.80. The summed E-state index contributed by atoms with van der Waals surface area (Å²) in [5, 5.41) is 6.47. The van der Waals surface area contributed by atoms with Gasteiger partial charge in [-0.25, -0.2) is 12.8 Å². The van der Waals surface area contributed by atoms with Crippen LogP contribution in [0.25, 0.3) is 0 Å². The number of nitrogens with two attached hydrogens (primary N) is 1. The highest BCUT2D eigenvalue weighted by Gasteiger charge is 2.45. The molecule has 1 aromatic carbocycles. The third-order valence-electron chi connectivity index (χ3n) is 5.47. The molecule has 2 aromatic rings. The zero-order valence-corrected chi connectivity index (χ0v) is 17.9. The molecular weight excluding hydrogens is 419 g/mol. The molecule has 0 bridgehead atoms. The fourth-order valence-electron chi connectivity index (χ4n) is 3.23. The second kappa shape index (κ2) is 7.21. The SMILES string of the molecule is CC1(C)C(N)=N[C@](C)(c2cc(CC(=O)c3[nH]ncc3Cl)ccc2F)CCS1(=O)=O. The number of ketones is 1. The summed E-state index contributed by atoms with van der Waals surface area (Å²) in [6.07, 6.45) is 1.37. The van der Waals surface area contributed by atoms with Crippen LogP contribution < -0.4 is 5.73 Å². The van der Waals surface area contributed by atoms with Gasteiger partial charge in [0.15, 0.2) is 15.6 Å². The Kier molecular flexibility index (Phi) is 5.33. The van der Waals surface area contributed by atoms with Crippen molar-refractivity contribution in [3.63, 3.8) is 0 Å². The van der Waals surface area contributed by atoms with E-state index in [0.29, 0.717) is 5.56 Å². The summed E-state index contributed by atoms with van der Waals surface area (Å²) in [4.78, 5) is 16.9. The van der Waals surface area contributed by atoms with Crippen molar-refractivity contribution in [2.75, 3.05) is 5.75 Å². The lowest BCUT2D eigenvalue weighted by Gasteiger charge is -2.26. The number of carbonyl (C=O) groups is 1. The minimum atomic E-state index is -3.56. The lowest BCUT2D eigenvalue weighted by atomic mass is 9.87. The highest BCUT2D eigenvalue weighted by Crippen LogP contribution is 2.37. The number of carbonyl (C=O) groups excluding carboxylic acids is 1. The summed E-state index contributed by atoms with van der Waals surface area (Å²) in [6, 6.07) is 4.27. The first-order valence-electron chi connectivity index (χ1n) is 8.96. The number of sulfone groups is 1. The van der Waals surface area contributed by atoms with E-state index in [2.05, 4.69) is 15.2 Å². The number of rotatable bonds is 4. The second-order valence-electron chi connectivity index (χ2n) is 7.86. The Hall–Kier alpha value is -2.26. The average molecular weight is 441 g/mol. The number of Topliss-reactive ketones (excluding diaryl/α,β-unsaturated/α-hetero) is 1. The van der Waals surface area contributed by atoms with Crippen LogP contribution in [0.4, 0.5) is 4.39 Å². The number of amidine groups is 1. The molecule has 0 saturated carbocycles. The maximum absolute atomic E-state index is 14.7. The van der Waals surface area contributed by atoms with Crippen LogP contribution >= 0.6 is 11.6 Å². The van der Waals surface area contributed by atoms with Crippen LogP contribution in [-0.2, 0) is 21.8 Å². The van der Waals surface area contributed by atoms with Gasteiger partial charge in [-0.05, 0) is 44.9 Å². The van der Waals surface area contributed by atoms with Crippen molar-refractivity contribution in [2.45, 2.75) is 43.9 Å². The van der Waals surface area contributed by atoms with Crippen molar-refractivity contribution in [3.05, 3.63) is 52.1 Å². The zero-order chi connectivity index (χ0) is 21.6. The summed E-state index contributed by atoms with van der Waals surface area (Å²) in [7, 11) is -3.56. The van der Waals surface area contributed by atoms with Gasteiger partial charge in [0.05, 0.1) is 22.5 Å². The van der Waals surface area contributed by atoms with E-state index in [4.69, 9.17) is 17.3 Å². The van der Waals surface area contributed by atoms with Crippen molar-refractivity contribution in [1.29, 1.82) is 0 Å². The van der Waals surface area contributed by atoms with Crippen LogP contribution in [0.2, 0.25) is 5.02 Å². The molecule has 1 aliphatic heterocycles. The zero-order valence-electron chi connectivity index (χ0n) is 16.3. The third-order valence-corrected chi connectivity index (χ3v) is 8.26. The van der Waals surface area contributed by atoms with Gasteiger partial charge in [-0.3, -0.25) is 14.9 Å². The van der Waals surface area contributed by atoms with E-state index in [-0.39, 0.29) is 46.5 Å². The topological polar surface area (TPSA) is 118 Å². The standard InChI is InChI=1S/C19H22ClFN4O3S/c1-18(2)17(22)24-19(3,6-7-29(18,27)28)12-8-11(4-5-14(12)21)9-15(26)16-13(20)10-23-25-16/h4-5,8,10H,6-7,9H2,1-3H3,(H2,22,24)(H,23,25)/t19-/m0/s1. The van der Waals surface area contributed by atoms with Crippen molar-refractivity contribution in [2.24, 2.45) is 10.7 Å². The van der Waals surface area contributed by atoms with Gasteiger partial charge in [0.25, 0.3) is 0 Å². The van der Waals surface area contributed by atoms with Crippen molar-refractivity contribution in [1.82, 2.24) is 10.2 Å². The molecule has 156 valence electrons. The van der Waals surface area contributed by atoms with Gasteiger partial charge in [-0.1, -0.05) is 17.7 Å². The third kappa shape index (κ3) is 3.81. The Morgan fingerprint density at radius 3 is 2.66 bits per heavy atom. The summed E-state index contributed by atoms with van der Waals surface area (Å²) in [5.41, 5.74) is 5.74. The molecule has 1 aliphatic rings. The van der Waals surface area contributed by atoms with Crippen LogP contribution in [0.5, 0.6) is 0 Å². The number of nitrogens with one attached hydrogen (secondary N) is 1. The molecule has 0 radical (unpaired) electrons. The Bertz CT molecular complexity index is 1110. The van der Waals surface area contributed by atoms with Crippen molar-refractivity contribution < 1.29 is 17.6 Å². The van der Waals surface area contributed by atoms with E-state index < -0.39 is 25.9 Å². The number of aliphatic imine (C=N–C) groups is 1. The largest absolute Gasteiger partial charge is 0.386 e. The van der Waals surface area contributed by atoms with Crippen molar-refractivity contribution >= 4 is 33.1 Å². The first-order chi connectivity index (χ1) is 13.4. The van der Waals surface area contributed by atoms with Gasteiger partial charge in [0.2, 0.25) is 0 Å². The van der Waals surface area contributed by atoms with Gasteiger partial charge in [0, 0.05) is 12.0 Å². The molecule has 7 nitrogen and oxygen atoms in total. The summed E-state index contributed by atoms with van der Waals surface area (Å²) in [5.74, 6) is -1.10. The van der Waals surface area contributed by atoms with Crippen LogP contribution in [0.3, 0.4) is 0 Å². The monoisotopic (exact) mass is 440 g/mol. The van der Waals surface area contributed by atoms with E-state index in [1.54, 1.807) is 6.92 Å². The van der Waals surface area contributed by atoms with Crippen LogP contribution in [0.1, 0.15) is 48.8 Å². The van der Waals surface area contributed by atoms with E-state index in [1.807, 2.05) is 0 Å². The van der Waals surface area contributed by atoms with Crippen LogP contribution in [0.15, 0.2) is 29.4 Å². The fourth-order valence-corrected chi connectivity index (χ4v) is 4.97. The first-order valence-corrected chi connectivity index (χ1v) is 11.0. The number of hydrogen-bond acceptors (Lipinski definition) is 6. The molecule has 3 rings (SSSR count). The van der Waals surface area contributed by atoms with E-state index in [0.717, 1.165) is 0 Å². The Labute approximate surface area is 173 Å². The Balaban J connectivity index is 2.00. The maximum atomic E-state index is 14.7. The summed E-state index contributed by atoms with van der Waals surface area (Å²) < 4.78 is 38.6. The lowest BCUT2D eigenvalue weighted by Crippen LogP contribution is -2.45. The van der Waals surface area contributed by atoms with Crippen LogP contribution in [0, 0.1) is 5.82 Å². The number of nitrogens with zero attached hydrogens (tertiary/aromatic N) is 2. The molecule has 0 unspecified atom stereocenters. The Morgan fingerprint density at radius 1 is 1.34 bits per heavy atom. The molecule has 29 heavy (non-hydrogen) atoms. The lowest BCUT2D eigenvalue weighted by molar-refractivity contribution is 0.0988. The van der Waals surface area contributed by atoms with Gasteiger partial charge < -0.3 is 5.73 Å². The minimum absolute atomic E-state index is 0.0335. The van der Waals surface area contributed by atoms with Gasteiger partial charge >= 0.3 is 0 Å². The van der Waals surface area contributed by atoms with Gasteiger partial charge in [-0.15, -0.1) is 0 Å². The molecule has 0 saturated heterocycles. The number of benzene rings is 1. The minimum Gasteiger partial charge on any atom is -0.386 e. The predicted molar refractivity (Wildman–Crippen MR) is 109 cm³/mol. The smallest absolute Gasteiger partial charge is 0.186 e. The van der Waals surface area contributed by atoms with Gasteiger partial charge in [-0.2, -0.15) is 5.10 Å². The number of aromatic nitrogens is 2. The number of aromatic amines is 1. The molecule has 0 aliphatic carbocycles. The number of halogens is 2. The van der Waals surface area contributed by atoms with Crippen LogP contribution in [-0.4, -0.2) is 40.7 Å². The fraction of sp³-hybridized carbons (Fsp3) is 0.421. The highest BCUT2D eigenvalue weighted by atomic mass is 35.5. The van der Waals surface area contributed by atoms with E-state index in [9.17, 15) is 17.6 Å². The Morgan fingerprint density at radius 2 is 2.03 bits per heavy atom. The molecule has 0 amide bonds. The highest BCUT2D eigenvalue weighted by molar-refractivity contribution is 7.93. The molecule has 1 aromatic heterocycles. The van der Waals surface area contributed by atoms with Gasteiger partial charge in [0.1, 0.15) is 22.1 Å². The second-order valence-corrected chi connectivity index (χ2v) is 10.9. The normalized spacial score (nSPS) is 23.3. The molecule has 2 heterocycles. The quantitative estimate of drug-likeness (QED) is 0.708. The molecule has 1 atom stereocenters. The van der Waals surface area contributed by atoms with Crippen molar-refractivity contribution in [3.8, 4) is 0 Å². The molecular formula is C19H22ClFN4O3S. The number of hydrogen-bond donors (Lipinski definition) is 2. The van der Waals surface area contributed by atoms with E-state index in [1.165, 1.54) is 38.2 Å². The molecule has 0 fully saturated rings. The molecule has 0 spiro atoms. The first kappa shape index (κ1) is 21.4.